The summed E-state index contributed by atoms with van der Waals surface area (Å²) >= 11 is 0. The van der Waals surface area contributed by atoms with Crippen molar-refractivity contribution in [2.45, 2.75) is 153 Å². The molecule has 0 aliphatic carbocycles. The molecule has 2 aliphatic heterocycles. The minimum Gasteiger partial charge on any atom is -0.497 e. The van der Waals surface area contributed by atoms with Crippen LogP contribution < -0.4 is 15.1 Å². The van der Waals surface area contributed by atoms with Gasteiger partial charge in [-0.2, -0.15) is 0 Å². The smallest absolute Gasteiger partial charge is 0.261 e. The fraction of sp³-hybridized carbons (Fsp3) is 0.527. The molecule has 1 N–H and O–H groups in total. The molecule has 0 aromatic heterocycles. The van der Waals surface area contributed by atoms with E-state index in [2.05, 4.69) is 123 Å². The van der Waals surface area contributed by atoms with Crippen LogP contribution in [-0.2, 0) is 34.2 Å². The molecule has 2 saturated heterocycles. The van der Waals surface area contributed by atoms with Crippen LogP contribution in [0.2, 0.25) is 5.04 Å². The number of hydrogen-bond donors (Lipinski definition) is 1. The molecule has 14 atom stereocenters. The highest BCUT2D eigenvalue weighted by Gasteiger charge is 2.58. The quantitative estimate of drug-likeness (QED) is 0.0827. The first kappa shape index (κ1) is 50.9. The van der Waals surface area contributed by atoms with E-state index in [4.69, 9.17) is 28.1 Å². The second-order valence-corrected chi connectivity index (χ2v) is 26.2. The molecule has 2 aliphatic rings. The highest BCUT2D eigenvalue weighted by Crippen LogP contribution is 2.48. The average molecular weight is 925 g/mol. The van der Waals surface area contributed by atoms with Crippen molar-refractivity contribution in [2.75, 3.05) is 7.11 Å². The SMILES string of the molecule is C=C[C@H](C)[C@H]1OC(C)(C)O[C@@H]([C@](C)(O)[C@@H]([C@@H](C)[C@@H]2OC(c3ccc(OC)cc3)O[C@@H]([C@@H](C)[C@@H](CC)O[Si](c3ccccc3)(c3ccccc3)C(C)(C)C)[C@H]2C)S(=O)c2ccccc2)[C@H]1C. The molecule has 6 rings (SSSR count). The van der Waals surface area contributed by atoms with E-state index < -0.39 is 60.2 Å². The summed E-state index contributed by atoms with van der Waals surface area (Å²) in [6, 6.07) is 38.8. The highest BCUT2D eigenvalue weighted by molar-refractivity contribution is 7.85. The third-order valence-corrected chi connectivity index (χ3v) is 21.5. The number of hydrogen-bond acceptors (Lipinski definition) is 8. The lowest BCUT2D eigenvalue weighted by atomic mass is 9.73. The maximum atomic E-state index is 15.4. The van der Waals surface area contributed by atoms with E-state index in [0.29, 0.717) is 4.90 Å². The van der Waals surface area contributed by atoms with Gasteiger partial charge in [0.15, 0.2) is 12.1 Å². The minimum absolute atomic E-state index is 0.0223. The zero-order chi connectivity index (χ0) is 47.5. The molecule has 2 heterocycles. The third-order valence-electron chi connectivity index (χ3n) is 14.3. The summed E-state index contributed by atoms with van der Waals surface area (Å²) in [6.07, 6.45) is -0.270. The van der Waals surface area contributed by atoms with Crippen molar-refractivity contribution >= 4 is 29.5 Å². The van der Waals surface area contributed by atoms with Gasteiger partial charge in [-0.25, -0.2) is 0 Å². The number of aliphatic hydroxyl groups is 1. The van der Waals surface area contributed by atoms with Crippen molar-refractivity contribution in [3.05, 3.63) is 133 Å². The number of benzene rings is 4. The predicted molar refractivity (Wildman–Crippen MR) is 265 cm³/mol. The van der Waals surface area contributed by atoms with Crippen LogP contribution in [0.15, 0.2) is 133 Å². The average Bonchev–Trinajstić information content (AvgIpc) is 3.30. The fourth-order valence-electron chi connectivity index (χ4n) is 11.0. The largest absolute Gasteiger partial charge is 0.497 e. The van der Waals surface area contributed by atoms with Crippen LogP contribution in [0.5, 0.6) is 5.75 Å². The fourth-order valence-corrected chi connectivity index (χ4v) is 17.6. The lowest BCUT2D eigenvalue weighted by molar-refractivity contribution is -0.350. The van der Waals surface area contributed by atoms with E-state index in [1.54, 1.807) is 14.0 Å². The van der Waals surface area contributed by atoms with Gasteiger partial charge >= 0.3 is 0 Å². The Morgan fingerprint density at radius 3 is 1.75 bits per heavy atom. The standard InChI is InChI=1S/C55H76O8SSi/c1-15-36(3)47-39(6)50(62-54(11,12)61-47)55(13,56)51(64(57)43-26-20-17-21-27-43)40(7)49-38(5)48(59-52(60-49)41-32-34-42(58-14)35-33-41)37(4)46(16-2)63-65(53(8,9)10,44-28-22-18-23-29-44)45-30-24-19-25-31-45/h15,17-40,46-52,56H,1,16H2,2-14H3/t36-,37-,38+,39-,40-,46+,47+,48-,49+,50+,51+,52?,55-,64?/m0/s1. The molecule has 0 spiro atoms. The summed E-state index contributed by atoms with van der Waals surface area (Å²) < 4.78 is 56.5. The van der Waals surface area contributed by atoms with Gasteiger partial charge < -0.3 is 33.2 Å². The van der Waals surface area contributed by atoms with Crippen LogP contribution >= 0.6 is 0 Å². The Morgan fingerprint density at radius 1 is 0.769 bits per heavy atom. The summed E-state index contributed by atoms with van der Waals surface area (Å²) in [5.41, 5.74) is -0.791. The normalized spacial score (nSPS) is 27.6. The van der Waals surface area contributed by atoms with Gasteiger partial charge in [0.25, 0.3) is 8.32 Å². The Morgan fingerprint density at radius 2 is 1.28 bits per heavy atom. The van der Waals surface area contributed by atoms with Crippen LogP contribution in [0.3, 0.4) is 0 Å². The molecular formula is C55H76O8SSi. The molecule has 0 radical (unpaired) electrons. The summed E-state index contributed by atoms with van der Waals surface area (Å²) in [7, 11) is -3.02. The first-order valence-corrected chi connectivity index (χ1v) is 26.7. The van der Waals surface area contributed by atoms with Crippen molar-refractivity contribution in [2.24, 2.45) is 29.6 Å². The highest BCUT2D eigenvalue weighted by atomic mass is 32.2. The maximum Gasteiger partial charge on any atom is 0.261 e. The third kappa shape index (κ3) is 10.5. The zero-order valence-electron chi connectivity index (χ0n) is 41.1. The number of methoxy groups -OCH3 is 1. The van der Waals surface area contributed by atoms with E-state index >= 15 is 4.21 Å². The van der Waals surface area contributed by atoms with Crippen LogP contribution in [0.25, 0.3) is 0 Å². The van der Waals surface area contributed by atoms with E-state index in [1.807, 2.05) is 81.4 Å². The first-order chi connectivity index (χ1) is 30.7. The Bertz CT molecular complexity index is 2100. The molecule has 0 bridgehead atoms. The monoisotopic (exact) mass is 925 g/mol. The Kier molecular flexibility index (Phi) is 16.3. The minimum atomic E-state index is -2.97. The molecule has 4 aromatic rings. The summed E-state index contributed by atoms with van der Waals surface area (Å²) in [5, 5.41) is 14.7. The maximum absolute atomic E-state index is 15.4. The molecule has 0 amide bonds. The van der Waals surface area contributed by atoms with Crippen molar-refractivity contribution < 1.29 is 37.4 Å². The lowest BCUT2D eigenvalue weighted by Crippen LogP contribution is -2.68. The Hall–Kier alpha value is -3.45. The van der Waals surface area contributed by atoms with Gasteiger partial charge in [-0.3, -0.25) is 4.21 Å². The van der Waals surface area contributed by atoms with Gasteiger partial charge in [-0.15, -0.1) is 6.58 Å². The van der Waals surface area contributed by atoms with Crippen LogP contribution in [0.1, 0.15) is 101 Å². The van der Waals surface area contributed by atoms with E-state index in [0.717, 1.165) is 17.7 Å². The van der Waals surface area contributed by atoms with Crippen molar-refractivity contribution in [3.63, 3.8) is 0 Å². The molecule has 65 heavy (non-hydrogen) atoms. The molecule has 354 valence electrons. The first-order valence-electron chi connectivity index (χ1n) is 23.6. The summed E-state index contributed by atoms with van der Waals surface area (Å²) in [4.78, 5) is 0.626. The summed E-state index contributed by atoms with van der Waals surface area (Å²) in [5.74, 6) is -1.41. The van der Waals surface area contributed by atoms with Crippen LogP contribution in [-0.4, -0.2) is 71.9 Å². The molecular weight excluding hydrogens is 849 g/mol. The van der Waals surface area contributed by atoms with Crippen LogP contribution in [0.4, 0.5) is 0 Å². The van der Waals surface area contributed by atoms with Crippen molar-refractivity contribution in [3.8, 4) is 5.75 Å². The molecule has 8 nitrogen and oxygen atoms in total. The molecule has 2 unspecified atom stereocenters. The number of rotatable bonds is 17. The molecule has 2 fully saturated rings. The number of ether oxygens (including phenoxy) is 5. The topological polar surface area (TPSA) is 92.7 Å². The van der Waals surface area contributed by atoms with Gasteiger partial charge in [-0.05, 0) is 66.9 Å². The Balaban J connectivity index is 1.47. The summed E-state index contributed by atoms with van der Waals surface area (Å²) in [6.45, 7) is 29.4. The molecule has 4 aromatic carbocycles. The van der Waals surface area contributed by atoms with Gasteiger partial charge in [0.05, 0.1) is 53.7 Å². The van der Waals surface area contributed by atoms with Crippen LogP contribution in [0, 0.1) is 29.6 Å². The Labute approximate surface area is 394 Å². The lowest BCUT2D eigenvalue weighted by Gasteiger charge is -2.54. The van der Waals surface area contributed by atoms with Gasteiger partial charge in [-0.1, -0.05) is 159 Å². The zero-order valence-corrected chi connectivity index (χ0v) is 42.9. The van der Waals surface area contributed by atoms with Crippen molar-refractivity contribution in [1.82, 2.24) is 0 Å². The second kappa shape index (κ2) is 20.8. The second-order valence-electron chi connectivity index (χ2n) is 20.3. The molecule has 0 saturated carbocycles. The van der Waals surface area contributed by atoms with E-state index in [9.17, 15) is 5.11 Å². The van der Waals surface area contributed by atoms with Gasteiger partial charge in [0.2, 0.25) is 0 Å². The van der Waals surface area contributed by atoms with E-state index in [1.165, 1.54) is 10.4 Å². The van der Waals surface area contributed by atoms with Gasteiger partial charge in [0.1, 0.15) is 11.4 Å². The molecule has 10 heteroatoms. The van der Waals surface area contributed by atoms with E-state index in [-0.39, 0.29) is 47.0 Å². The van der Waals surface area contributed by atoms with Crippen molar-refractivity contribution in [1.29, 1.82) is 0 Å². The van der Waals surface area contributed by atoms with Gasteiger partial charge in [0, 0.05) is 40.0 Å². The predicted octanol–water partition coefficient (Wildman–Crippen LogP) is 10.6.